The van der Waals surface area contributed by atoms with E-state index >= 15 is 0 Å². The molecule has 0 aliphatic heterocycles. The fourth-order valence-electron chi connectivity index (χ4n) is 2.18. The predicted octanol–water partition coefficient (Wildman–Crippen LogP) is 3.61. The first-order valence-corrected chi connectivity index (χ1v) is 5.98. The average Bonchev–Trinajstić information content (AvgIpc) is 2.44. The van der Waals surface area contributed by atoms with Crippen molar-refractivity contribution in [3.8, 4) is 0 Å². The van der Waals surface area contributed by atoms with E-state index in [1.165, 1.54) is 25.7 Å². The van der Waals surface area contributed by atoms with Crippen LogP contribution >= 0.6 is 0 Å². The van der Waals surface area contributed by atoms with Gasteiger partial charge in [-0.15, -0.1) is 0 Å². The third-order valence-electron chi connectivity index (χ3n) is 3.32. The van der Waals surface area contributed by atoms with Crippen LogP contribution in [0.2, 0.25) is 0 Å². The molecule has 15 heavy (non-hydrogen) atoms. The number of esters is 1. The Labute approximate surface area is 92.7 Å². The van der Waals surface area contributed by atoms with Gasteiger partial charge in [0.1, 0.15) is 5.60 Å². The SMILES string of the molecule is C=C(C)C(=O)OC1(CC)CCCCCC1. The number of carbonyl (C=O) groups excluding carboxylic acids is 1. The number of hydrogen-bond donors (Lipinski definition) is 0. The Balaban J connectivity index is 2.65. The van der Waals surface area contributed by atoms with Crippen LogP contribution in [0.4, 0.5) is 0 Å². The first-order chi connectivity index (χ1) is 7.09. The second-order valence-corrected chi connectivity index (χ2v) is 4.62. The normalized spacial score (nSPS) is 20.4. The summed E-state index contributed by atoms with van der Waals surface area (Å²) in [4.78, 5) is 11.6. The zero-order valence-electron chi connectivity index (χ0n) is 9.97. The maximum absolute atomic E-state index is 11.6. The van der Waals surface area contributed by atoms with Gasteiger partial charge in [-0.3, -0.25) is 0 Å². The molecule has 1 aliphatic carbocycles. The van der Waals surface area contributed by atoms with Crippen molar-refractivity contribution in [3.05, 3.63) is 12.2 Å². The molecule has 0 aromatic heterocycles. The molecule has 0 aromatic carbocycles. The van der Waals surface area contributed by atoms with Crippen LogP contribution in [0.1, 0.15) is 58.8 Å². The lowest BCUT2D eigenvalue weighted by Crippen LogP contribution is -2.34. The molecular weight excluding hydrogens is 188 g/mol. The second-order valence-electron chi connectivity index (χ2n) is 4.62. The second kappa shape index (κ2) is 5.34. The lowest BCUT2D eigenvalue weighted by molar-refractivity contribution is -0.156. The Morgan fingerprint density at radius 1 is 1.27 bits per heavy atom. The van der Waals surface area contributed by atoms with E-state index in [1.807, 2.05) is 0 Å². The molecule has 0 heterocycles. The minimum atomic E-state index is -0.223. The Morgan fingerprint density at radius 2 is 1.80 bits per heavy atom. The van der Waals surface area contributed by atoms with E-state index in [0.717, 1.165) is 19.3 Å². The van der Waals surface area contributed by atoms with Gasteiger partial charge in [-0.1, -0.05) is 26.3 Å². The lowest BCUT2D eigenvalue weighted by atomic mass is 9.91. The molecule has 2 nitrogen and oxygen atoms in total. The van der Waals surface area contributed by atoms with Crippen LogP contribution in [-0.2, 0) is 9.53 Å². The molecule has 0 bridgehead atoms. The van der Waals surface area contributed by atoms with Crippen molar-refractivity contribution in [2.75, 3.05) is 0 Å². The third kappa shape index (κ3) is 3.37. The monoisotopic (exact) mass is 210 g/mol. The summed E-state index contributed by atoms with van der Waals surface area (Å²) in [7, 11) is 0. The largest absolute Gasteiger partial charge is 0.456 e. The average molecular weight is 210 g/mol. The quantitative estimate of drug-likeness (QED) is 0.404. The summed E-state index contributed by atoms with van der Waals surface area (Å²) < 4.78 is 5.63. The van der Waals surface area contributed by atoms with E-state index in [0.29, 0.717) is 5.57 Å². The van der Waals surface area contributed by atoms with Crippen LogP contribution in [0.15, 0.2) is 12.2 Å². The maximum Gasteiger partial charge on any atom is 0.333 e. The van der Waals surface area contributed by atoms with Crippen molar-refractivity contribution in [1.29, 1.82) is 0 Å². The fourth-order valence-corrected chi connectivity index (χ4v) is 2.18. The van der Waals surface area contributed by atoms with E-state index in [9.17, 15) is 4.79 Å². The van der Waals surface area contributed by atoms with Crippen molar-refractivity contribution in [3.63, 3.8) is 0 Å². The molecule has 1 rings (SSSR count). The molecule has 0 aromatic rings. The van der Waals surface area contributed by atoms with Crippen molar-refractivity contribution >= 4 is 5.97 Å². The highest BCUT2D eigenvalue weighted by Gasteiger charge is 2.32. The molecule has 0 saturated heterocycles. The molecule has 0 amide bonds. The van der Waals surface area contributed by atoms with E-state index < -0.39 is 0 Å². The Bertz CT molecular complexity index is 235. The van der Waals surface area contributed by atoms with Gasteiger partial charge in [0.25, 0.3) is 0 Å². The zero-order valence-corrected chi connectivity index (χ0v) is 9.97. The molecule has 0 unspecified atom stereocenters. The molecule has 2 heteroatoms. The molecule has 0 spiro atoms. The Kier molecular flexibility index (Phi) is 4.37. The van der Waals surface area contributed by atoms with Crippen molar-refractivity contribution in [1.82, 2.24) is 0 Å². The maximum atomic E-state index is 11.6. The summed E-state index contributed by atoms with van der Waals surface area (Å²) in [5.41, 5.74) is 0.305. The summed E-state index contributed by atoms with van der Waals surface area (Å²) in [6.45, 7) is 7.45. The van der Waals surface area contributed by atoms with Crippen LogP contribution in [0, 0.1) is 0 Å². The zero-order chi connectivity index (χ0) is 11.3. The fraction of sp³-hybridized carbons (Fsp3) is 0.769. The first kappa shape index (κ1) is 12.3. The highest BCUT2D eigenvalue weighted by atomic mass is 16.6. The van der Waals surface area contributed by atoms with Crippen LogP contribution in [0.3, 0.4) is 0 Å². The van der Waals surface area contributed by atoms with Gasteiger partial charge >= 0.3 is 5.97 Å². The van der Waals surface area contributed by atoms with Gasteiger partial charge in [0.2, 0.25) is 0 Å². The van der Waals surface area contributed by atoms with Crippen LogP contribution < -0.4 is 0 Å². The molecule has 1 fully saturated rings. The standard InChI is InChI=1S/C13H22O2/c1-4-13(15-12(14)11(2)3)9-7-5-6-8-10-13/h2,4-10H2,1,3H3. The van der Waals surface area contributed by atoms with Crippen molar-refractivity contribution in [2.45, 2.75) is 64.4 Å². The van der Waals surface area contributed by atoms with Gasteiger partial charge in [-0.25, -0.2) is 4.79 Å². The third-order valence-corrected chi connectivity index (χ3v) is 3.32. The van der Waals surface area contributed by atoms with Gasteiger partial charge in [-0.2, -0.15) is 0 Å². The Hall–Kier alpha value is -0.790. The molecule has 86 valence electrons. The van der Waals surface area contributed by atoms with Gasteiger partial charge < -0.3 is 4.74 Å². The minimum absolute atomic E-state index is 0.202. The van der Waals surface area contributed by atoms with Crippen molar-refractivity contribution < 1.29 is 9.53 Å². The Morgan fingerprint density at radius 3 is 2.20 bits per heavy atom. The molecule has 0 N–H and O–H groups in total. The summed E-state index contributed by atoms with van der Waals surface area (Å²) >= 11 is 0. The molecule has 1 saturated carbocycles. The summed E-state index contributed by atoms with van der Waals surface area (Å²) in [6.07, 6.45) is 7.85. The minimum Gasteiger partial charge on any atom is -0.456 e. The topological polar surface area (TPSA) is 26.3 Å². The van der Waals surface area contributed by atoms with Crippen molar-refractivity contribution in [2.24, 2.45) is 0 Å². The summed E-state index contributed by atoms with van der Waals surface area (Å²) in [5, 5.41) is 0. The van der Waals surface area contributed by atoms with Gasteiger partial charge in [0, 0.05) is 5.57 Å². The van der Waals surface area contributed by atoms with E-state index in [1.54, 1.807) is 6.92 Å². The van der Waals surface area contributed by atoms with Gasteiger partial charge in [-0.05, 0) is 39.0 Å². The summed E-state index contributed by atoms with van der Waals surface area (Å²) in [5.74, 6) is -0.223. The number of carbonyl (C=O) groups is 1. The van der Waals surface area contributed by atoms with Crippen LogP contribution in [0.25, 0.3) is 0 Å². The van der Waals surface area contributed by atoms with E-state index in [4.69, 9.17) is 4.74 Å². The van der Waals surface area contributed by atoms with Gasteiger partial charge in [0.15, 0.2) is 0 Å². The molecule has 0 atom stereocenters. The first-order valence-electron chi connectivity index (χ1n) is 5.98. The lowest BCUT2D eigenvalue weighted by Gasteiger charge is -2.31. The summed E-state index contributed by atoms with van der Waals surface area (Å²) in [6, 6.07) is 0. The van der Waals surface area contributed by atoms with E-state index in [-0.39, 0.29) is 11.6 Å². The van der Waals surface area contributed by atoms with Gasteiger partial charge in [0.05, 0.1) is 0 Å². The van der Waals surface area contributed by atoms with E-state index in [2.05, 4.69) is 13.5 Å². The highest BCUT2D eigenvalue weighted by molar-refractivity contribution is 5.87. The highest BCUT2D eigenvalue weighted by Crippen LogP contribution is 2.33. The molecule has 1 aliphatic rings. The van der Waals surface area contributed by atoms with Crippen LogP contribution in [0.5, 0.6) is 0 Å². The smallest absolute Gasteiger partial charge is 0.333 e. The predicted molar refractivity (Wildman–Crippen MR) is 61.6 cm³/mol. The number of ether oxygens (including phenoxy) is 1. The number of hydrogen-bond acceptors (Lipinski definition) is 2. The van der Waals surface area contributed by atoms with Crippen LogP contribution in [-0.4, -0.2) is 11.6 Å². The molecular formula is C13H22O2. The number of rotatable bonds is 3. The molecule has 0 radical (unpaired) electrons.